The van der Waals surface area contributed by atoms with Crippen molar-refractivity contribution >= 4 is 5.97 Å². The highest BCUT2D eigenvalue weighted by molar-refractivity contribution is 5.73. The van der Waals surface area contributed by atoms with Gasteiger partial charge in [-0.05, 0) is 61.4 Å². The molecule has 4 rings (SSSR count). The first-order chi connectivity index (χ1) is 14.4. The van der Waals surface area contributed by atoms with Crippen LogP contribution in [0.5, 0.6) is 17.2 Å². The number of hydrogen-bond donors (Lipinski definition) is 1. The van der Waals surface area contributed by atoms with Crippen LogP contribution >= 0.6 is 0 Å². The lowest BCUT2D eigenvalue weighted by Gasteiger charge is -2.11. The predicted molar refractivity (Wildman–Crippen MR) is 106 cm³/mol. The van der Waals surface area contributed by atoms with Crippen LogP contribution in [0.4, 0.5) is 8.78 Å². The van der Waals surface area contributed by atoms with Gasteiger partial charge in [-0.2, -0.15) is 0 Å². The van der Waals surface area contributed by atoms with Crippen LogP contribution in [0, 0.1) is 30.4 Å². The molecule has 7 heteroatoms. The summed E-state index contributed by atoms with van der Waals surface area (Å²) in [5, 5.41) is 8.91. The van der Waals surface area contributed by atoms with Gasteiger partial charge in [0.15, 0.2) is 11.6 Å². The molecule has 0 amide bonds. The van der Waals surface area contributed by atoms with E-state index in [4.69, 9.17) is 14.6 Å². The van der Waals surface area contributed by atoms with Gasteiger partial charge in [-0.1, -0.05) is 6.07 Å². The number of hydrogen-bond acceptors (Lipinski definition) is 4. The van der Waals surface area contributed by atoms with E-state index in [1.807, 2.05) is 6.92 Å². The van der Waals surface area contributed by atoms with Crippen molar-refractivity contribution in [3.63, 3.8) is 0 Å². The Labute approximate surface area is 171 Å². The molecule has 2 aromatic carbocycles. The highest BCUT2D eigenvalue weighted by atomic mass is 19.1. The van der Waals surface area contributed by atoms with E-state index in [2.05, 4.69) is 4.98 Å². The normalized spacial score (nSPS) is 17.4. The Kier molecular flexibility index (Phi) is 5.35. The Morgan fingerprint density at radius 2 is 1.90 bits per heavy atom. The first-order valence-electron chi connectivity index (χ1n) is 9.46. The van der Waals surface area contributed by atoms with Crippen LogP contribution in [0.15, 0.2) is 54.7 Å². The fraction of sp³-hybridized carbons (Fsp3) is 0.217. The van der Waals surface area contributed by atoms with Crippen molar-refractivity contribution in [3.05, 3.63) is 72.1 Å². The zero-order valence-corrected chi connectivity index (χ0v) is 16.1. The smallest absolute Gasteiger partial charge is 0.306 e. The van der Waals surface area contributed by atoms with Gasteiger partial charge in [0.2, 0.25) is 0 Å². The predicted octanol–water partition coefficient (Wildman–Crippen LogP) is 5.23. The number of aromatic nitrogens is 1. The number of aliphatic carboxylic acids is 1. The summed E-state index contributed by atoms with van der Waals surface area (Å²) in [7, 11) is 0. The van der Waals surface area contributed by atoms with Gasteiger partial charge in [0.25, 0.3) is 0 Å². The third kappa shape index (κ3) is 4.40. The molecule has 1 fully saturated rings. The van der Waals surface area contributed by atoms with Crippen LogP contribution in [0.3, 0.4) is 0 Å². The molecule has 0 bridgehead atoms. The number of aryl methyl sites for hydroxylation is 1. The van der Waals surface area contributed by atoms with Crippen LogP contribution in [-0.2, 0) is 4.79 Å². The van der Waals surface area contributed by atoms with Crippen LogP contribution in [0.1, 0.15) is 12.1 Å². The molecular weight excluding hydrogens is 392 g/mol. The van der Waals surface area contributed by atoms with E-state index in [-0.39, 0.29) is 23.8 Å². The van der Waals surface area contributed by atoms with Crippen molar-refractivity contribution in [1.82, 2.24) is 4.98 Å². The largest absolute Gasteiger partial charge is 0.490 e. The van der Waals surface area contributed by atoms with E-state index in [1.165, 1.54) is 30.3 Å². The second-order valence-electron chi connectivity index (χ2n) is 7.28. The maximum atomic E-state index is 14.5. The van der Waals surface area contributed by atoms with Crippen molar-refractivity contribution in [2.75, 3.05) is 6.61 Å². The van der Waals surface area contributed by atoms with E-state index in [0.29, 0.717) is 23.5 Å². The molecule has 1 aliphatic rings. The second-order valence-corrected chi connectivity index (χ2v) is 7.28. The zero-order valence-electron chi connectivity index (χ0n) is 16.1. The third-order valence-corrected chi connectivity index (χ3v) is 4.99. The van der Waals surface area contributed by atoms with E-state index in [9.17, 15) is 13.6 Å². The summed E-state index contributed by atoms with van der Waals surface area (Å²) in [4.78, 5) is 15.0. The van der Waals surface area contributed by atoms with Gasteiger partial charge in [-0.15, -0.1) is 0 Å². The first-order valence-corrected chi connectivity index (χ1v) is 9.46. The molecule has 1 N–H and O–H groups in total. The number of rotatable bonds is 7. The van der Waals surface area contributed by atoms with Crippen molar-refractivity contribution < 1.29 is 28.2 Å². The zero-order chi connectivity index (χ0) is 21.3. The molecule has 0 radical (unpaired) electrons. The lowest BCUT2D eigenvalue weighted by Crippen LogP contribution is -2.07. The van der Waals surface area contributed by atoms with Gasteiger partial charge in [0, 0.05) is 17.2 Å². The summed E-state index contributed by atoms with van der Waals surface area (Å²) in [6.45, 7) is 1.99. The van der Waals surface area contributed by atoms with Crippen LogP contribution in [0.25, 0.3) is 11.1 Å². The topological polar surface area (TPSA) is 68.7 Å². The quantitative estimate of drug-likeness (QED) is 0.577. The number of halogens is 2. The molecule has 1 aliphatic carbocycles. The molecule has 0 saturated heterocycles. The molecule has 2 atom stereocenters. The number of carbonyl (C=O) groups is 1. The van der Waals surface area contributed by atoms with Crippen molar-refractivity contribution in [2.24, 2.45) is 11.8 Å². The summed E-state index contributed by atoms with van der Waals surface area (Å²) < 4.78 is 40.0. The number of ether oxygens (including phenoxy) is 2. The molecule has 1 aromatic heterocycles. The molecule has 3 aromatic rings. The number of carboxylic acids is 1. The number of pyridine rings is 1. The van der Waals surface area contributed by atoms with Gasteiger partial charge >= 0.3 is 5.97 Å². The molecule has 2 unspecified atom stereocenters. The van der Waals surface area contributed by atoms with Gasteiger partial charge in [-0.25, -0.2) is 8.78 Å². The average Bonchev–Trinajstić information content (AvgIpc) is 3.50. The first kappa shape index (κ1) is 19.8. The van der Waals surface area contributed by atoms with E-state index in [1.54, 1.807) is 24.4 Å². The minimum absolute atomic E-state index is 0.00771. The van der Waals surface area contributed by atoms with Crippen LogP contribution in [-0.4, -0.2) is 22.7 Å². The Morgan fingerprint density at radius 3 is 2.57 bits per heavy atom. The van der Waals surface area contributed by atoms with E-state index < -0.39 is 23.5 Å². The molecular formula is C23H19F2NO4. The Bertz CT molecular complexity index is 1090. The minimum atomic E-state index is -0.863. The maximum absolute atomic E-state index is 14.5. The molecule has 0 spiro atoms. The molecule has 0 aliphatic heterocycles. The third-order valence-electron chi connectivity index (χ3n) is 4.99. The fourth-order valence-electron chi connectivity index (χ4n) is 3.16. The van der Waals surface area contributed by atoms with Crippen LogP contribution in [0.2, 0.25) is 0 Å². The number of carboxylic acid groups (broad SMARTS) is 1. The Morgan fingerprint density at radius 1 is 1.10 bits per heavy atom. The number of nitrogens with zero attached hydrogens (tertiary/aromatic N) is 1. The van der Waals surface area contributed by atoms with Gasteiger partial charge < -0.3 is 14.6 Å². The monoisotopic (exact) mass is 411 g/mol. The van der Waals surface area contributed by atoms with E-state index >= 15 is 0 Å². The lowest BCUT2D eigenvalue weighted by molar-refractivity contribution is -0.138. The Balaban J connectivity index is 1.49. The summed E-state index contributed by atoms with van der Waals surface area (Å²) in [6, 6.07) is 11.9. The maximum Gasteiger partial charge on any atom is 0.306 e. The van der Waals surface area contributed by atoms with Crippen molar-refractivity contribution in [3.8, 4) is 28.4 Å². The average molecular weight is 411 g/mol. The van der Waals surface area contributed by atoms with Gasteiger partial charge in [0.1, 0.15) is 17.3 Å². The minimum Gasteiger partial charge on any atom is -0.490 e. The molecule has 30 heavy (non-hydrogen) atoms. The highest BCUT2D eigenvalue weighted by Crippen LogP contribution is 2.39. The fourth-order valence-corrected chi connectivity index (χ4v) is 3.16. The summed E-state index contributed by atoms with van der Waals surface area (Å²) in [5.41, 5.74) is 1.37. The van der Waals surface area contributed by atoms with Gasteiger partial charge in [-0.3, -0.25) is 9.78 Å². The molecule has 1 saturated carbocycles. The van der Waals surface area contributed by atoms with E-state index in [0.717, 1.165) is 5.69 Å². The summed E-state index contributed by atoms with van der Waals surface area (Å²) in [5.74, 6) is -1.64. The number of benzene rings is 2. The highest BCUT2D eigenvalue weighted by Gasteiger charge is 2.43. The summed E-state index contributed by atoms with van der Waals surface area (Å²) >= 11 is 0. The summed E-state index contributed by atoms with van der Waals surface area (Å²) in [6.07, 6.45) is 2.10. The van der Waals surface area contributed by atoms with Crippen molar-refractivity contribution in [1.29, 1.82) is 0 Å². The van der Waals surface area contributed by atoms with Crippen molar-refractivity contribution in [2.45, 2.75) is 13.3 Å². The second kappa shape index (κ2) is 8.10. The molecule has 1 heterocycles. The standard InChI is InChI=1S/C23H19F2NO4/c1-13-2-4-17(11-26-13)30-16-5-6-20(24)18(10-16)14-3-7-22(21(25)9-14)29-12-15-8-19(15)23(27)28/h2-7,9-11,15,19H,8,12H2,1H3,(H,27,28). The van der Waals surface area contributed by atoms with Crippen LogP contribution < -0.4 is 9.47 Å². The lowest BCUT2D eigenvalue weighted by atomic mass is 10.0. The van der Waals surface area contributed by atoms with Gasteiger partial charge in [0.05, 0.1) is 18.7 Å². The Hall–Kier alpha value is -3.48. The molecule has 154 valence electrons. The SMILES string of the molecule is Cc1ccc(Oc2ccc(F)c(-c3ccc(OCC4CC4C(=O)O)c(F)c3)c2)cn1. The molecule has 5 nitrogen and oxygen atoms in total.